The molecule has 1 N–H and O–H groups in total. The number of likely N-dealkylation sites (N-methyl/N-ethyl adjacent to an activating group) is 1. The number of rotatable bonds is 9. The molecule has 0 aliphatic heterocycles. The van der Waals surface area contributed by atoms with Gasteiger partial charge in [-0.15, -0.1) is 11.8 Å². The highest BCUT2D eigenvalue weighted by Gasteiger charge is 2.32. The van der Waals surface area contributed by atoms with Gasteiger partial charge in [0, 0.05) is 4.90 Å². The van der Waals surface area contributed by atoms with Crippen LogP contribution in [0.25, 0.3) is 0 Å². The summed E-state index contributed by atoms with van der Waals surface area (Å²) in [5.41, 5.74) is 0.735. The van der Waals surface area contributed by atoms with E-state index in [2.05, 4.69) is 36.5 Å². The second-order valence-corrected chi connectivity index (χ2v) is 6.44. The molecule has 0 radical (unpaired) electrons. The summed E-state index contributed by atoms with van der Waals surface area (Å²) in [6, 6.07) is 8.40. The van der Waals surface area contributed by atoms with Crippen LogP contribution in [-0.2, 0) is 9.53 Å². The molecular formula is C17H27NO2S. The van der Waals surface area contributed by atoms with Gasteiger partial charge in [-0.2, -0.15) is 0 Å². The van der Waals surface area contributed by atoms with Crippen LogP contribution in [0.5, 0.6) is 0 Å². The van der Waals surface area contributed by atoms with E-state index < -0.39 is 5.54 Å². The molecule has 0 heterocycles. The Morgan fingerprint density at radius 1 is 1.33 bits per heavy atom. The number of nitrogens with one attached hydrogen (secondary N) is 1. The fourth-order valence-electron chi connectivity index (χ4n) is 2.27. The maximum atomic E-state index is 12.1. The Labute approximate surface area is 132 Å². The smallest absolute Gasteiger partial charge is 0.326 e. The molecule has 1 rings (SSSR count). The number of hydrogen-bond acceptors (Lipinski definition) is 4. The molecule has 1 aromatic carbocycles. The van der Waals surface area contributed by atoms with E-state index in [4.69, 9.17) is 4.74 Å². The van der Waals surface area contributed by atoms with Crippen LogP contribution in [0.4, 0.5) is 0 Å². The van der Waals surface area contributed by atoms with Gasteiger partial charge in [0.25, 0.3) is 0 Å². The van der Waals surface area contributed by atoms with Crippen molar-refractivity contribution < 1.29 is 9.53 Å². The second kappa shape index (κ2) is 9.11. The summed E-state index contributed by atoms with van der Waals surface area (Å²) in [6.45, 7) is 9.12. The van der Waals surface area contributed by atoms with E-state index in [1.807, 2.05) is 32.5 Å². The van der Waals surface area contributed by atoms with E-state index >= 15 is 0 Å². The predicted octanol–water partition coefficient (Wildman–Crippen LogP) is 3.80. The van der Waals surface area contributed by atoms with Gasteiger partial charge in [0.15, 0.2) is 0 Å². The number of aryl methyl sites for hydroxylation is 1. The Morgan fingerprint density at radius 3 is 2.67 bits per heavy atom. The molecule has 1 unspecified atom stereocenters. The Hall–Kier alpha value is -1.00. The first-order valence-corrected chi connectivity index (χ1v) is 8.62. The van der Waals surface area contributed by atoms with Crippen LogP contribution >= 0.6 is 11.8 Å². The summed E-state index contributed by atoms with van der Waals surface area (Å²) in [5, 5.41) is 3.27. The van der Waals surface area contributed by atoms with E-state index in [9.17, 15) is 4.79 Å². The largest absolute Gasteiger partial charge is 0.465 e. The highest BCUT2D eigenvalue weighted by Crippen LogP contribution is 2.24. The first-order valence-electron chi connectivity index (χ1n) is 7.64. The SMILES string of the molecule is CCNC(C)(CCCSc1ccccc1C)C(=O)OCC. The van der Waals surface area contributed by atoms with Gasteiger partial charge in [-0.1, -0.05) is 25.1 Å². The van der Waals surface area contributed by atoms with Gasteiger partial charge in [-0.3, -0.25) is 4.79 Å². The molecule has 1 atom stereocenters. The van der Waals surface area contributed by atoms with Crippen molar-refractivity contribution >= 4 is 17.7 Å². The summed E-state index contributed by atoms with van der Waals surface area (Å²) in [6.07, 6.45) is 1.76. The minimum atomic E-state index is -0.572. The lowest BCUT2D eigenvalue weighted by molar-refractivity contribution is -0.150. The van der Waals surface area contributed by atoms with E-state index in [0.717, 1.165) is 25.1 Å². The predicted molar refractivity (Wildman–Crippen MR) is 89.9 cm³/mol. The zero-order chi connectivity index (χ0) is 15.7. The number of thioether (sulfide) groups is 1. The minimum absolute atomic E-state index is 0.146. The lowest BCUT2D eigenvalue weighted by Gasteiger charge is -2.28. The topological polar surface area (TPSA) is 38.3 Å². The van der Waals surface area contributed by atoms with Gasteiger partial charge < -0.3 is 10.1 Å². The van der Waals surface area contributed by atoms with Crippen LogP contribution < -0.4 is 5.32 Å². The number of esters is 1. The van der Waals surface area contributed by atoms with Gasteiger partial charge in [0.1, 0.15) is 5.54 Å². The van der Waals surface area contributed by atoms with Crippen LogP contribution in [0.2, 0.25) is 0 Å². The lowest BCUT2D eigenvalue weighted by atomic mass is 9.96. The fourth-order valence-corrected chi connectivity index (χ4v) is 3.25. The summed E-state index contributed by atoms with van der Waals surface area (Å²) >= 11 is 1.85. The Bertz CT molecular complexity index is 450. The molecule has 0 saturated carbocycles. The molecule has 0 spiro atoms. The number of ether oxygens (including phenoxy) is 1. The monoisotopic (exact) mass is 309 g/mol. The van der Waals surface area contributed by atoms with Crippen molar-refractivity contribution in [3.8, 4) is 0 Å². The van der Waals surface area contributed by atoms with Gasteiger partial charge >= 0.3 is 5.97 Å². The van der Waals surface area contributed by atoms with Gasteiger partial charge in [-0.25, -0.2) is 0 Å². The highest BCUT2D eigenvalue weighted by molar-refractivity contribution is 7.99. The van der Waals surface area contributed by atoms with Crippen LogP contribution in [0.1, 0.15) is 39.2 Å². The second-order valence-electron chi connectivity index (χ2n) is 5.30. The number of carbonyl (C=O) groups excluding carboxylic acids is 1. The van der Waals surface area contributed by atoms with Gasteiger partial charge in [0.05, 0.1) is 6.61 Å². The third kappa shape index (κ3) is 5.71. The molecule has 0 fully saturated rings. The Morgan fingerprint density at radius 2 is 2.05 bits per heavy atom. The van der Waals surface area contributed by atoms with Gasteiger partial charge in [0.2, 0.25) is 0 Å². The molecule has 3 nitrogen and oxygen atoms in total. The van der Waals surface area contributed by atoms with E-state index in [0.29, 0.717) is 6.61 Å². The fraction of sp³-hybridized carbons (Fsp3) is 0.588. The van der Waals surface area contributed by atoms with E-state index in [-0.39, 0.29) is 5.97 Å². The highest BCUT2D eigenvalue weighted by atomic mass is 32.2. The number of carbonyl (C=O) groups is 1. The summed E-state index contributed by atoms with van der Waals surface area (Å²) in [4.78, 5) is 13.4. The zero-order valence-corrected chi connectivity index (χ0v) is 14.4. The molecule has 1 aromatic rings. The maximum Gasteiger partial charge on any atom is 0.326 e. The average molecular weight is 309 g/mol. The van der Waals surface area contributed by atoms with Crippen LogP contribution in [-0.4, -0.2) is 30.4 Å². The average Bonchev–Trinajstić information content (AvgIpc) is 2.46. The summed E-state index contributed by atoms with van der Waals surface area (Å²) < 4.78 is 5.19. The molecule has 21 heavy (non-hydrogen) atoms. The summed E-state index contributed by atoms with van der Waals surface area (Å²) in [7, 11) is 0. The molecule has 0 aliphatic rings. The molecule has 0 aliphatic carbocycles. The first-order chi connectivity index (χ1) is 10.0. The standard InChI is InChI=1S/C17H27NO2S/c1-5-18-17(4,16(19)20-6-2)12-9-13-21-15-11-8-7-10-14(15)3/h7-8,10-11,18H,5-6,9,12-13H2,1-4H3. The maximum absolute atomic E-state index is 12.1. The van der Waals surface area contributed by atoms with Crippen molar-refractivity contribution in [3.05, 3.63) is 29.8 Å². The van der Waals surface area contributed by atoms with Crippen LogP contribution in [0.3, 0.4) is 0 Å². The van der Waals surface area contributed by atoms with Gasteiger partial charge in [-0.05, 0) is 57.5 Å². The van der Waals surface area contributed by atoms with Crippen molar-refractivity contribution in [1.82, 2.24) is 5.32 Å². The Balaban J connectivity index is 2.47. The van der Waals surface area contributed by atoms with Crippen molar-refractivity contribution in [3.63, 3.8) is 0 Å². The van der Waals surface area contributed by atoms with Crippen LogP contribution in [0, 0.1) is 6.92 Å². The first kappa shape index (κ1) is 18.1. The molecule has 0 aromatic heterocycles. The number of benzene rings is 1. The molecule has 0 amide bonds. The van der Waals surface area contributed by atoms with E-state index in [1.165, 1.54) is 10.5 Å². The lowest BCUT2D eigenvalue weighted by Crippen LogP contribution is -2.50. The summed E-state index contributed by atoms with van der Waals surface area (Å²) in [5.74, 6) is 0.860. The third-order valence-electron chi connectivity index (χ3n) is 3.47. The zero-order valence-electron chi connectivity index (χ0n) is 13.6. The third-order valence-corrected chi connectivity index (χ3v) is 4.73. The molecule has 118 valence electrons. The normalized spacial score (nSPS) is 13.7. The number of hydrogen-bond donors (Lipinski definition) is 1. The quantitative estimate of drug-likeness (QED) is 0.428. The Kier molecular flexibility index (Phi) is 7.83. The molecule has 0 saturated heterocycles. The molecular weight excluding hydrogens is 282 g/mol. The van der Waals surface area contributed by atoms with Crippen molar-refractivity contribution in [2.75, 3.05) is 18.9 Å². The van der Waals surface area contributed by atoms with E-state index in [1.54, 1.807) is 0 Å². The molecule has 0 bridgehead atoms. The van der Waals surface area contributed by atoms with Crippen molar-refractivity contribution in [2.24, 2.45) is 0 Å². The van der Waals surface area contributed by atoms with Crippen molar-refractivity contribution in [1.29, 1.82) is 0 Å². The molecule has 4 heteroatoms. The minimum Gasteiger partial charge on any atom is -0.465 e. The van der Waals surface area contributed by atoms with Crippen molar-refractivity contribution in [2.45, 2.75) is 51.0 Å². The van der Waals surface area contributed by atoms with Crippen LogP contribution in [0.15, 0.2) is 29.2 Å².